The Morgan fingerprint density at radius 3 is 3.06 bits per heavy atom. The Balaban J connectivity index is 2.40. The number of aromatic nitrogens is 1. The van der Waals surface area contributed by atoms with Crippen LogP contribution in [0.15, 0.2) is 5.38 Å². The summed E-state index contributed by atoms with van der Waals surface area (Å²) in [5.41, 5.74) is 0.971. The molecule has 4 nitrogen and oxygen atoms in total. The number of aryl methyl sites for hydroxylation is 1. The number of nitrogens with zero attached hydrogens (tertiary/aromatic N) is 2. The molecule has 0 spiro atoms. The van der Waals surface area contributed by atoms with E-state index in [4.69, 9.17) is 4.74 Å². The highest BCUT2D eigenvalue weighted by atomic mass is 32.2. The maximum absolute atomic E-state index is 11.2. The Morgan fingerprint density at radius 1 is 1.61 bits per heavy atom. The molecule has 0 amide bonds. The van der Waals surface area contributed by atoms with Gasteiger partial charge in [-0.2, -0.15) is 11.8 Å². The van der Waals surface area contributed by atoms with Gasteiger partial charge in [-0.3, -0.25) is 4.79 Å². The summed E-state index contributed by atoms with van der Waals surface area (Å²) in [7, 11) is 2.05. The molecule has 0 aliphatic rings. The maximum Gasteiger partial charge on any atom is 0.306 e. The quantitative estimate of drug-likeness (QED) is 0.687. The summed E-state index contributed by atoms with van der Waals surface area (Å²) in [5.74, 6) is 0.941. The molecule has 0 N–H and O–H groups in total. The fraction of sp³-hybridized carbons (Fsp3) is 0.667. The third kappa shape index (κ3) is 5.27. The van der Waals surface area contributed by atoms with E-state index in [2.05, 4.69) is 16.1 Å². The molecule has 0 saturated carbocycles. The number of rotatable bonds is 8. The zero-order valence-corrected chi connectivity index (χ0v) is 12.8. The molecular formula is C12H20N2O2S2. The number of ether oxygens (including phenoxy) is 1. The van der Waals surface area contributed by atoms with Crippen LogP contribution in [0, 0.1) is 0 Å². The first-order valence-corrected chi connectivity index (χ1v) is 8.24. The summed E-state index contributed by atoms with van der Waals surface area (Å²) >= 11 is 3.45. The Morgan fingerprint density at radius 2 is 2.39 bits per heavy atom. The average Bonchev–Trinajstić information content (AvgIpc) is 2.82. The van der Waals surface area contributed by atoms with E-state index in [1.54, 1.807) is 11.3 Å². The number of thioether (sulfide) groups is 1. The van der Waals surface area contributed by atoms with Crippen LogP contribution in [0.2, 0.25) is 0 Å². The molecule has 1 rings (SSSR count). The molecule has 0 aliphatic heterocycles. The van der Waals surface area contributed by atoms with E-state index in [-0.39, 0.29) is 5.97 Å². The molecule has 102 valence electrons. The van der Waals surface area contributed by atoms with Crippen LogP contribution >= 0.6 is 23.1 Å². The van der Waals surface area contributed by atoms with Crippen LogP contribution in [0.5, 0.6) is 0 Å². The summed E-state index contributed by atoms with van der Waals surface area (Å²) in [6.45, 7) is 3.25. The fourth-order valence-corrected chi connectivity index (χ4v) is 2.68. The minimum absolute atomic E-state index is 0.150. The highest BCUT2D eigenvalue weighted by molar-refractivity contribution is 7.98. The summed E-state index contributed by atoms with van der Waals surface area (Å²) in [6, 6.07) is 0. The number of carbonyl (C=O) groups is 1. The summed E-state index contributed by atoms with van der Waals surface area (Å²) in [6.07, 6.45) is 3.16. The van der Waals surface area contributed by atoms with Crippen LogP contribution in [0.1, 0.15) is 19.0 Å². The van der Waals surface area contributed by atoms with Gasteiger partial charge in [-0.15, -0.1) is 11.3 Å². The normalized spacial score (nSPS) is 10.4. The van der Waals surface area contributed by atoms with E-state index >= 15 is 0 Å². The lowest BCUT2D eigenvalue weighted by atomic mass is 10.2. The average molecular weight is 288 g/mol. The van der Waals surface area contributed by atoms with Gasteiger partial charge in [0.2, 0.25) is 0 Å². The first-order chi connectivity index (χ1) is 8.67. The second kappa shape index (κ2) is 8.37. The zero-order valence-electron chi connectivity index (χ0n) is 11.1. The summed E-state index contributed by atoms with van der Waals surface area (Å²) < 4.78 is 4.89. The Bertz CT molecular complexity index is 369. The van der Waals surface area contributed by atoms with Crippen LogP contribution in [0.3, 0.4) is 0 Å². The summed E-state index contributed by atoms with van der Waals surface area (Å²) in [5, 5.41) is 3.03. The predicted molar refractivity (Wildman–Crippen MR) is 78.7 cm³/mol. The molecular weight excluding hydrogens is 268 g/mol. The van der Waals surface area contributed by atoms with Crippen molar-refractivity contribution < 1.29 is 9.53 Å². The van der Waals surface area contributed by atoms with Crippen molar-refractivity contribution in [3.8, 4) is 0 Å². The number of carbonyl (C=O) groups excluding carboxylic acids is 1. The maximum atomic E-state index is 11.2. The number of anilines is 1. The highest BCUT2D eigenvalue weighted by Gasteiger charge is 2.08. The van der Waals surface area contributed by atoms with E-state index in [0.717, 1.165) is 23.1 Å². The van der Waals surface area contributed by atoms with Crippen LogP contribution in [-0.2, 0) is 16.0 Å². The van der Waals surface area contributed by atoms with Crippen molar-refractivity contribution in [1.82, 2.24) is 4.98 Å². The number of hydrogen-bond acceptors (Lipinski definition) is 6. The van der Waals surface area contributed by atoms with Gasteiger partial charge in [0.15, 0.2) is 5.13 Å². The highest BCUT2D eigenvalue weighted by Crippen LogP contribution is 2.20. The van der Waals surface area contributed by atoms with Crippen molar-refractivity contribution in [3.63, 3.8) is 0 Å². The first kappa shape index (κ1) is 15.3. The van der Waals surface area contributed by atoms with Crippen LogP contribution in [0.25, 0.3) is 0 Å². The minimum Gasteiger partial charge on any atom is -0.466 e. The van der Waals surface area contributed by atoms with Gasteiger partial charge in [0.25, 0.3) is 0 Å². The van der Waals surface area contributed by atoms with Gasteiger partial charge >= 0.3 is 5.97 Å². The Hall–Kier alpha value is -0.750. The van der Waals surface area contributed by atoms with Crippen LogP contribution in [0.4, 0.5) is 5.13 Å². The van der Waals surface area contributed by atoms with Crippen molar-refractivity contribution >= 4 is 34.2 Å². The van der Waals surface area contributed by atoms with Crippen LogP contribution < -0.4 is 4.90 Å². The molecule has 0 atom stereocenters. The van der Waals surface area contributed by atoms with E-state index in [1.807, 2.05) is 31.1 Å². The van der Waals surface area contributed by atoms with Crippen molar-refractivity contribution in [1.29, 1.82) is 0 Å². The zero-order chi connectivity index (χ0) is 13.4. The van der Waals surface area contributed by atoms with Gasteiger partial charge in [0.05, 0.1) is 18.7 Å². The van der Waals surface area contributed by atoms with Gasteiger partial charge in [0.1, 0.15) is 0 Å². The van der Waals surface area contributed by atoms with E-state index in [0.29, 0.717) is 19.4 Å². The molecule has 1 aromatic heterocycles. The van der Waals surface area contributed by atoms with Crippen LogP contribution in [-0.4, -0.2) is 43.2 Å². The monoisotopic (exact) mass is 288 g/mol. The number of thiazole rings is 1. The fourth-order valence-electron chi connectivity index (χ4n) is 1.37. The molecule has 6 heteroatoms. The lowest BCUT2D eigenvalue weighted by Gasteiger charge is -2.14. The molecule has 1 heterocycles. The molecule has 1 aromatic rings. The molecule has 18 heavy (non-hydrogen) atoms. The molecule has 0 radical (unpaired) electrons. The van der Waals surface area contributed by atoms with Crippen molar-refractivity contribution in [3.05, 3.63) is 11.1 Å². The van der Waals surface area contributed by atoms with Gasteiger partial charge in [0, 0.05) is 31.1 Å². The number of hydrogen-bond donors (Lipinski definition) is 0. The van der Waals surface area contributed by atoms with Gasteiger partial charge in [-0.25, -0.2) is 4.98 Å². The second-order valence-electron chi connectivity index (χ2n) is 3.84. The van der Waals surface area contributed by atoms with E-state index < -0.39 is 0 Å². The first-order valence-electron chi connectivity index (χ1n) is 5.97. The number of esters is 1. The smallest absolute Gasteiger partial charge is 0.306 e. The van der Waals surface area contributed by atoms with Crippen molar-refractivity contribution in [2.45, 2.75) is 19.8 Å². The molecule has 0 aliphatic carbocycles. The Labute approximate surface area is 117 Å². The largest absolute Gasteiger partial charge is 0.466 e. The third-order valence-corrected chi connectivity index (χ3v) is 3.98. The van der Waals surface area contributed by atoms with E-state index in [9.17, 15) is 4.79 Å². The lowest BCUT2D eigenvalue weighted by Crippen LogP contribution is -2.19. The Kier molecular flexibility index (Phi) is 7.12. The van der Waals surface area contributed by atoms with Crippen molar-refractivity contribution in [2.24, 2.45) is 0 Å². The van der Waals surface area contributed by atoms with Crippen molar-refractivity contribution in [2.75, 3.05) is 37.1 Å². The van der Waals surface area contributed by atoms with Gasteiger partial charge in [-0.05, 0) is 13.2 Å². The third-order valence-electron chi connectivity index (χ3n) is 2.39. The minimum atomic E-state index is -0.150. The van der Waals surface area contributed by atoms with Gasteiger partial charge < -0.3 is 9.64 Å². The molecule has 0 aromatic carbocycles. The topological polar surface area (TPSA) is 42.4 Å². The SMILES string of the molecule is CCOC(=O)CCc1csc(N(C)CCSC)n1. The van der Waals surface area contributed by atoms with Gasteiger partial charge in [-0.1, -0.05) is 0 Å². The molecule has 0 saturated heterocycles. The second-order valence-corrected chi connectivity index (χ2v) is 5.66. The molecule has 0 bridgehead atoms. The molecule has 0 fully saturated rings. The lowest BCUT2D eigenvalue weighted by molar-refractivity contribution is -0.143. The predicted octanol–water partition coefficient (Wildman–Crippen LogP) is 2.44. The standard InChI is InChI=1S/C12H20N2O2S2/c1-4-16-11(15)6-5-10-9-18-12(13-10)14(2)7-8-17-3/h9H,4-8H2,1-3H3. The summed E-state index contributed by atoms with van der Waals surface area (Å²) in [4.78, 5) is 17.9. The van der Waals surface area contributed by atoms with E-state index in [1.165, 1.54) is 0 Å². The molecule has 0 unspecified atom stereocenters.